The predicted molar refractivity (Wildman–Crippen MR) is 121 cm³/mol. The van der Waals surface area contributed by atoms with Crippen LogP contribution >= 0.6 is 23.4 Å². The van der Waals surface area contributed by atoms with E-state index in [-0.39, 0.29) is 11.4 Å². The van der Waals surface area contributed by atoms with Crippen molar-refractivity contribution in [3.63, 3.8) is 0 Å². The molecule has 0 bridgehead atoms. The molecule has 1 aliphatic heterocycles. The van der Waals surface area contributed by atoms with Crippen LogP contribution in [0.2, 0.25) is 5.02 Å². The van der Waals surface area contributed by atoms with Gasteiger partial charge in [-0.05, 0) is 36.4 Å². The lowest BCUT2D eigenvalue weighted by Crippen LogP contribution is -2.37. The van der Waals surface area contributed by atoms with Crippen molar-refractivity contribution in [1.82, 2.24) is 24.7 Å². The summed E-state index contributed by atoms with van der Waals surface area (Å²) in [5.74, 6) is 1.12. The first-order chi connectivity index (χ1) is 15.6. The molecule has 1 aliphatic rings. The number of hydrogen-bond donors (Lipinski definition) is 1. The van der Waals surface area contributed by atoms with Gasteiger partial charge in [0, 0.05) is 18.1 Å². The molecule has 1 saturated heterocycles. The van der Waals surface area contributed by atoms with Crippen molar-refractivity contribution in [2.45, 2.75) is 10.9 Å². The number of anilines is 1. The SMILES string of the molecule is O=c1[nH]c(CSc2nnc(N3CCOCC3)n2-c2cccc(F)c2)nc2ccc(Cl)cc12. The summed E-state index contributed by atoms with van der Waals surface area (Å²) >= 11 is 7.34. The smallest absolute Gasteiger partial charge is 0.258 e. The number of H-pyrrole nitrogens is 1. The average Bonchev–Trinajstić information content (AvgIpc) is 3.23. The van der Waals surface area contributed by atoms with Gasteiger partial charge in [-0.2, -0.15) is 0 Å². The molecule has 2 aromatic carbocycles. The highest BCUT2D eigenvalue weighted by Crippen LogP contribution is 2.29. The van der Waals surface area contributed by atoms with Crippen LogP contribution in [0.25, 0.3) is 16.6 Å². The quantitative estimate of drug-likeness (QED) is 0.445. The lowest BCUT2D eigenvalue weighted by atomic mass is 10.2. The van der Waals surface area contributed by atoms with E-state index < -0.39 is 0 Å². The van der Waals surface area contributed by atoms with Crippen molar-refractivity contribution < 1.29 is 9.13 Å². The Bertz CT molecular complexity index is 1340. The number of aromatic nitrogens is 5. The second-order valence-corrected chi connectivity index (χ2v) is 8.54. The van der Waals surface area contributed by atoms with E-state index in [0.717, 1.165) is 0 Å². The normalized spacial score (nSPS) is 14.2. The highest BCUT2D eigenvalue weighted by atomic mass is 35.5. The van der Waals surface area contributed by atoms with Crippen molar-refractivity contribution >= 4 is 40.2 Å². The van der Waals surface area contributed by atoms with Crippen molar-refractivity contribution in [3.05, 3.63) is 69.5 Å². The van der Waals surface area contributed by atoms with Crippen molar-refractivity contribution in [2.75, 3.05) is 31.2 Å². The summed E-state index contributed by atoms with van der Waals surface area (Å²) in [6.45, 7) is 2.51. The van der Waals surface area contributed by atoms with Crippen molar-refractivity contribution in [2.24, 2.45) is 0 Å². The summed E-state index contributed by atoms with van der Waals surface area (Å²) < 4.78 is 21.2. The van der Waals surface area contributed by atoms with Gasteiger partial charge in [-0.1, -0.05) is 29.4 Å². The summed E-state index contributed by atoms with van der Waals surface area (Å²) in [6, 6.07) is 11.3. The van der Waals surface area contributed by atoms with Gasteiger partial charge in [-0.15, -0.1) is 10.2 Å². The summed E-state index contributed by atoms with van der Waals surface area (Å²) in [5, 5.41) is 10.2. The van der Waals surface area contributed by atoms with E-state index in [1.807, 2.05) is 4.57 Å². The second-order valence-electron chi connectivity index (χ2n) is 7.16. The minimum absolute atomic E-state index is 0.256. The van der Waals surface area contributed by atoms with Gasteiger partial charge in [0.05, 0.1) is 35.6 Å². The molecular formula is C21H18ClFN6O2S. The Morgan fingerprint density at radius 1 is 1.16 bits per heavy atom. The molecule has 0 amide bonds. The van der Waals surface area contributed by atoms with E-state index in [9.17, 15) is 9.18 Å². The van der Waals surface area contributed by atoms with E-state index in [0.29, 0.717) is 70.6 Å². The maximum atomic E-state index is 14.0. The third-order valence-corrected chi connectivity index (χ3v) is 6.21. The van der Waals surface area contributed by atoms with Crippen LogP contribution in [0.4, 0.5) is 10.3 Å². The fraction of sp³-hybridized carbons (Fsp3) is 0.238. The number of thioether (sulfide) groups is 1. The molecule has 5 rings (SSSR count). The Hall–Kier alpha value is -2.95. The number of halogens is 2. The van der Waals surface area contributed by atoms with Gasteiger partial charge in [0.1, 0.15) is 11.6 Å². The molecular weight excluding hydrogens is 455 g/mol. The zero-order valence-corrected chi connectivity index (χ0v) is 18.4. The monoisotopic (exact) mass is 472 g/mol. The Kier molecular flexibility index (Phi) is 5.81. The fourth-order valence-electron chi connectivity index (χ4n) is 3.53. The molecule has 4 aromatic rings. The van der Waals surface area contributed by atoms with Gasteiger partial charge < -0.3 is 14.6 Å². The topological polar surface area (TPSA) is 88.9 Å². The summed E-state index contributed by atoms with van der Waals surface area (Å²) in [5.41, 5.74) is 0.927. The minimum atomic E-state index is -0.348. The molecule has 8 nitrogen and oxygen atoms in total. The Morgan fingerprint density at radius 3 is 2.81 bits per heavy atom. The van der Waals surface area contributed by atoms with Crippen LogP contribution in [0.15, 0.2) is 52.4 Å². The zero-order valence-electron chi connectivity index (χ0n) is 16.8. The number of nitrogens with one attached hydrogen (secondary N) is 1. The van der Waals surface area contributed by atoms with E-state index in [1.54, 1.807) is 30.3 Å². The van der Waals surface area contributed by atoms with E-state index in [2.05, 4.69) is 25.1 Å². The molecule has 2 aromatic heterocycles. The second kappa shape index (κ2) is 8.89. The van der Waals surface area contributed by atoms with Crippen LogP contribution in [-0.2, 0) is 10.5 Å². The molecule has 11 heteroatoms. The Labute approximate surface area is 191 Å². The largest absolute Gasteiger partial charge is 0.378 e. The van der Waals surface area contributed by atoms with Gasteiger partial charge in [0.25, 0.3) is 5.56 Å². The summed E-state index contributed by atoms with van der Waals surface area (Å²) in [6.07, 6.45) is 0. The van der Waals surface area contributed by atoms with Crippen molar-refractivity contribution in [1.29, 1.82) is 0 Å². The fourth-order valence-corrected chi connectivity index (χ4v) is 4.52. The van der Waals surface area contributed by atoms with Gasteiger partial charge in [0.2, 0.25) is 5.95 Å². The molecule has 3 heterocycles. The van der Waals surface area contributed by atoms with E-state index in [4.69, 9.17) is 16.3 Å². The minimum Gasteiger partial charge on any atom is -0.378 e. The summed E-state index contributed by atoms with van der Waals surface area (Å²) in [4.78, 5) is 21.8. The highest BCUT2D eigenvalue weighted by molar-refractivity contribution is 7.98. The molecule has 0 spiro atoms. The number of hydrogen-bond acceptors (Lipinski definition) is 7. The Morgan fingerprint density at radius 2 is 2.00 bits per heavy atom. The number of benzene rings is 2. The standard InChI is InChI=1S/C21H18ClFN6O2S/c22-13-4-5-17-16(10-13)19(30)25-18(24-17)12-32-21-27-26-20(28-6-8-31-9-7-28)29(21)15-3-1-2-14(23)11-15/h1-5,10-11H,6-9,12H2,(H,24,25,30). The number of aromatic amines is 1. The first-order valence-electron chi connectivity index (χ1n) is 9.94. The van der Waals surface area contributed by atoms with Crippen LogP contribution in [0, 0.1) is 5.82 Å². The first-order valence-corrected chi connectivity index (χ1v) is 11.3. The average molecular weight is 473 g/mol. The maximum absolute atomic E-state index is 14.0. The van der Waals surface area contributed by atoms with E-state index in [1.165, 1.54) is 23.9 Å². The maximum Gasteiger partial charge on any atom is 0.258 e. The van der Waals surface area contributed by atoms with Gasteiger partial charge in [-0.25, -0.2) is 9.37 Å². The van der Waals surface area contributed by atoms with Crippen LogP contribution in [0.1, 0.15) is 5.82 Å². The lowest BCUT2D eigenvalue weighted by Gasteiger charge is -2.27. The third-order valence-electron chi connectivity index (χ3n) is 5.03. The molecule has 0 unspecified atom stereocenters. The number of morpholine rings is 1. The summed E-state index contributed by atoms with van der Waals surface area (Å²) in [7, 11) is 0. The van der Waals surface area contributed by atoms with Gasteiger partial charge in [0.15, 0.2) is 5.16 Å². The number of fused-ring (bicyclic) bond motifs is 1. The number of ether oxygens (including phenoxy) is 1. The van der Waals surface area contributed by atoms with Crippen molar-refractivity contribution in [3.8, 4) is 5.69 Å². The van der Waals surface area contributed by atoms with E-state index >= 15 is 0 Å². The Balaban J connectivity index is 1.48. The number of rotatable bonds is 5. The molecule has 0 radical (unpaired) electrons. The van der Waals surface area contributed by atoms with Crippen LogP contribution in [-0.4, -0.2) is 51.0 Å². The van der Waals surface area contributed by atoms with Gasteiger partial charge >= 0.3 is 0 Å². The van der Waals surface area contributed by atoms with Crippen LogP contribution in [0.5, 0.6) is 0 Å². The first kappa shape index (κ1) is 20.9. The third kappa shape index (κ3) is 4.21. The molecule has 164 valence electrons. The molecule has 0 saturated carbocycles. The van der Waals surface area contributed by atoms with Gasteiger partial charge in [-0.3, -0.25) is 9.36 Å². The molecule has 1 fully saturated rings. The van der Waals surface area contributed by atoms with Crippen LogP contribution < -0.4 is 10.5 Å². The predicted octanol–water partition coefficient (Wildman–Crippen LogP) is 3.43. The molecule has 0 aliphatic carbocycles. The molecule has 0 atom stereocenters. The molecule has 32 heavy (non-hydrogen) atoms. The number of nitrogens with zero attached hydrogens (tertiary/aromatic N) is 5. The highest BCUT2D eigenvalue weighted by Gasteiger charge is 2.22. The zero-order chi connectivity index (χ0) is 22.1. The van der Waals surface area contributed by atoms with Crippen LogP contribution in [0.3, 0.4) is 0 Å². The molecule has 1 N–H and O–H groups in total. The lowest BCUT2D eigenvalue weighted by molar-refractivity contribution is 0.122.